The lowest BCUT2D eigenvalue weighted by Gasteiger charge is -2.09. The summed E-state index contributed by atoms with van der Waals surface area (Å²) in [6.07, 6.45) is -1.70. The second-order valence-corrected chi connectivity index (χ2v) is 2.73. The smallest absolute Gasteiger partial charge is 0.114 e. The van der Waals surface area contributed by atoms with Gasteiger partial charge in [0.2, 0.25) is 0 Å². The van der Waals surface area contributed by atoms with Gasteiger partial charge in [-0.25, -0.2) is 0 Å². The van der Waals surface area contributed by atoms with E-state index in [2.05, 4.69) is 0 Å². The molecule has 0 spiro atoms. The molecule has 0 aromatic heterocycles. The Morgan fingerprint density at radius 1 is 0.900 bits per heavy atom. The van der Waals surface area contributed by atoms with Crippen LogP contribution in [0.1, 0.15) is 0 Å². The van der Waals surface area contributed by atoms with E-state index < -0.39 is 12.2 Å². The third-order valence-electron chi connectivity index (χ3n) is 2.00. The molecule has 0 radical (unpaired) electrons. The first kappa shape index (κ1) is 6.54. The summed E-state index contributed by atoms with van der Waals surface area (Å²) in [5, 5.41) is 18.3. The number of aliphatic hydroxyl groups is 2. The molecule has 2 fully saturated rings. The van der Waals surface area contributed by atoms with Crippen molar-refractivity contribution >= 4 is 0 Å². The average Bonchev–Trinajstić information content (AvgIpc) is 2.41. The Morgan fingerprint density at radius 2 is 1.30 bits per heavy atom. The molecule has 4 nitrogen and oxygen atoms in total. The van der Waals surface area contributed by atoms with Crippen LogP contribution in [-0.2, 0) is 9.47 Å². The Labute approximate surface area is 58.4 Å². The predicted octanol–water partition coefficient (Wildman–Crippen LogP) is -1.49. The van der Waals surface area contributed by atoms with Gasteiger partial charge in [0.25, 0.3) is 0 Å². The molecule has 1 unspecified atom stereocenters. The zero-order chi connectivity index (χ0) is 7.14. The standard InChI is InChI=1S/C6H10O4/c7-3-1-9-6-4(8)2-10-5(3)6/h3-8H,1-2H2/t3-,4+,5+,6?/m0/s1. The van der Waals surface area contributed by atoms with Crippen molar-refractivity contribution in [3.8, 4) is 0 Å². The number of hydrogen-bond donors (Lipinski definition) is 2. The molecule has 10 heavy (non-hydrogen) atoms. The van der Waals surface area contributed by atoms with Gasteiger partial charge in [-0.3, -0.25) is 0 Å². The summed E-state index contributed by atoms with van der Waals surface area (Å²) < 4.78 is 10.2. The van der Waals surface area contributed by atoms with E-state index in [4.69, 9.17) is 19.7 Å². The van der Waals surface area contributed by atoms with Crippen molar-refractivity contribution in [2.24, 2.45) is 0 Å². The lowest BCUT2D eigenvalue weighted by molar-refractivity contribution is 0.00205. The third-order valence-corrected chi connectivity index (χ3v) is 2.00. The highest BCUT2D eigenvalue weighted by molar-refractivity contribution is 4.93. The minimum Gasteiger partial charge on any atom is -0.388 e. The predicted molar refractivity (Wildman–Crippen MR) is 31.5 cm³/mol. The molecular formula is C6H10O4. The Kier molecular flexibility index (Phi) is 1.42. The van der Waals surface area contributed by atoms with Crippen LogP contribution in [0.15, 0.2) is 0 Å². The van der Waals surface area contributed by atoms with Gasteiger partial charge >= 0.3 is 0 Å². The summed E-state index contributed by atoms with van der Waals surface area (Å²) in [7, 11) is 0. The van der Waals surface area contributed by atoms with Gasteiger partial charge in [0.05, 0.1) is 13.2 Å². The van der Waals surface area contributed by atoms with Crippen molar-refractivity contribution in [1.29, 1.82) is 0 Å². The minimum atomic E-state index is -0.554. The fourth-order valence-electron chi connectivity index (χ4n) is 1.46. The van der Waals surface area contributed by atoms with E-state index in [0.717, 1.165) is 0 Å². The highest BCUT2D eigenvalue weighted by Crippen LogP contribution is 2.26. The van der Waals surface area contributed by atoms with Gasteiger partial charge in [-0.1, -0.05) is 0 Å². The van der Waals surface area contributed by atoms with Crippen molar-refractivity contribution in [3.05, 3.63) is 0 Å². The van der Waals surface area contributed by atoms with E-state index >= 15 is 0 Å². The lowest BCUT2D eigenvalue weighted by atomic mass is 10.1. The molecule has 0 amide bonds. The van der Waals surface area contributed by atoms with Crippen LogP contribution in [0.5, 0.6) is 0 Å². The van der Waals surface area contributed by atoms with Crippen LogP contribution in [0.2, 0.25) is 0 Å². The van der Waals surface area contributed by atoms with Gasteiger partial charge in [0, 0.05) is 0 Å². The third kappa shape index (κ3) is 0.769. The van der Waals surface area contributed by atoms with Gasteiger partial charge in [-0.15, -0.1) is 0 Å². The van der Waals surface area contributed by atoms with E-state index in [9.17, 15) is 0 Å². The maximum absolute atomic E-state index is 9.16. The van der Waals surface area contributed by atoms with Crippen molar-refractivity contribution in [3.63, 3.8) is 0 Å². The summed E-state index contributed by atoms with van der Waals surface area (Å²) in [4.78, 5) is 0. The molecule has 2 aliphatic heterocycles. The highest BCUT2D eigenvalue weighted by atomic mass is 16.6. The topological polar surface area (TPSA) is 58.9 Å². The molecule has 0 saturated carbocycles. The maximum Gasteiger partial charge on any atom is 0.114 e. The number of hydrogen-bond acceptors (Lipinski definition) is 4. The molecule has 0 bridgehead atoms. The molecule has 4 heteroatoms. The molecular weight excluding hydrogens is 136 g/mol. The molecule has 2 rings (SSSR count). The van der Waals surface area contributed by atoms with Crippen LogP contribution in [0.3, 0.4) is 0 Å². The Hall–Kier alpha value is -0.160. The van der Waals surface area contributed by atoms with Crippen LogP contribution >= 0.6 is 0 Å². The van der Waals surface area contributed by atoms with E-state index in [1.165, 1.54) is 0 Å². The van der Waals surface area contributed by atoms with Gasteiger partial charge in [0.15, 0.2) is 0 Å². The second kappa shape index (κ2) is 2.17. The summed E-state index contributed by atoms with van der Waals surface area (Å²) in [5.74, 6) is 0. The van der Waals surface area contributed by atoms with Gasteiger partial charge in [-0.05, 0) is 0 Å². The summed E-state index contributed by atoms with van der Waals surface area (Å²) in [6.45, 7) is 0.568. The minimum absolute atomic E-state index is 0.284. The molecule has 2 aliphatic rings. The Balaban J connectivity index is 2.09. The van der Waals surface area contributed by atoms with E-state index in [0.29, 0.717) is 0 Å². The summed E-state index contributed by atoms with van der Waals surface area (Å²) in [6, 6.07) is 0. The summed E-state index contributed by atoms with van der Waals surface area (Å²) in [5.41, 5.74) is 0. The number of aliphatic hydroxyl groups excluding tert-OH is 2. The SMILES string of the molecule is O[C@@H]1CO[C@H]2C1OC[C@@H]2O. The second-order valence-electron chi connectivity index (χ2n) is 2.73. The first-order chi connectivity index (χ1) is 4.79. The van der Waals surface area contributed by atoms with Gasteiger partial charge in [0.1, 0.15) is 24.4 Å². The molecule has 2 N–H and O–H groups in total. The Morgan fingerprint density at radius 3 is 1.70 bits per heavy atom. The van der Waals surface area contributed by atoms with Crippen LogP contribution in [0.25, 0.3) is 0 Å². The number of fused-ring (bicyclic) bond motifs is 1. The van der Waals surface area contributed by atoms with Crippen LogP contribution in [0.4, 0.5) is 0 Å². The van der Waals surface area contributed by atoms with Crippen LogP contribution in [0, 0.1) is 0 Å². The van der Waals surface area contributed by atoms with Crippen molar-refractivity contribution in [1.82, 2.24) is 0 Å². The monoisotopic (exact) mass is 146 g/mol. The molecule has 2 heterocycles. The van der Waals surface area contributed by atoms with Crippen LogP contribution in [-0.4, -0.2) is 47.8 Å². The van der Waals surface area contributed by atoms with Crippen LogP contribution < -0.4 is 0 Å². The van der Waals surface area contributed by atoms with Gasteiger partial charge in [-0.2, -0.15) is 0 Å². The molecule has 4 atom stereocenters. The molecule has 0 aromatic rings. The van der Waals surface area contributed by atoms with Crippen molar-refractivity contribution in [2.45, 2.75) is 24.4 Å². The van der Waals surface area contributed by atoms with Crippen molar-refractivity contribution < 1.29 is 19.7 Å². The quantitative estimate of drug-likeness (QED) is 0.437. The first-order valence-electron chi connectivity index (χ1n) is 3.38. The first-order valence-corrected chi connectivity index (χ1v) is 3.38. The molecule has 0 aromatic carbocycles. The fraction of sp³-hybridized carbons (Fsp3) is 1.00. The molecule has 58 valence electrons. The largest absolute Gasteiger partial charge is 0.388 e. The average molecular weight is 146 g/mol. The lowest BCUT2D eigenvalue weighted by Crippen LogP contribution is -2.30. The Bertz CT molecular complexity index is 122. The molecule has 0 aliphatic carbocycles. The fourth-order valence-corrected chi connectivity index (χ4v) is 1.46. The zero-order valence-corrected chi connectivity index (χ0v) is 5.43. The number of rotatable bonds is 0. The van der Waals surface area contributed by atoms with E-state index in [-0.39, 0.29) is 25.4 Å². The normalized spacial score (nSPS) is 53.4. The van der Waals surface area contributed by atoms with Crippen molar-refractivity contribution in [2.75, 3.05) is 13.2 Å². The highest BCUT2D eigenvalue weighted by Gasteiger charge is 2.46. The van der Waals surface area contributed by atoms with Gasteiger partial charge < -0.3 is 19.7 Å². The zero-order valence-electron chi connectivity index (χ0n) is 5.43. The molecule has 2 saturated heterocycles. The maximum atomic E-state index is 9.16. The summed E-state index contributed by atoms with van der Waals surface area (Å²) >= 11 is 0. The number of ether oxygens (including phenoxy) is 2. The van der Waals surface area contributed by atoms with E-state index in [1.807, 2.05) is 0 Å². The van der Waals surface area contributed by atoms with E-state index in [1.54, 1.807) is 0 Å².